The van der Waals surface area contributed by atoms with Crippen molar-refractivity contribution in [3.05, 3.63) is 51.3 Å². The standard InChI is InChI=1S/C16H20N2O2/c1-9-6-10(2)14(11(3)7-9)8-18-13(5)15(16(19)20)12(4)17-18/h6-7H,8H2,1-5H3,(H,19,20). The Labute approximate surface area is 119 Å². The molecule has 0 aliphatic carbocycles. The van der Waals surface area contributed by atoms with Gasteiger partial charge in [-0.05, 0) is 51.3 Å². The zero-order valence-corrected chi connectivity index (χ0v) is 12.6. The maximum Gasteiger partial charge on any atom is 0.339 e. The molecule has 1 aromatic carbocycles. The Morgan fingerprint density at radius 3 is 2.15 bits per heavy atom. The highest BCUT2D eigenvalue weighted by Crippen LogP contribution is 2.20. The van der Waals surface area contributed by atoms with Crippen LogP contribution in [0.15, 0.2) is 12.1 Å². The lowest BCUT2D eigenvalue weighted by molar-refractivity contribution is 0.0695. The molecule has 0 aliphatic heterocycles. The van der Waals surface area contributed by atoms with Gasteiger partial charge in [0.15, 0.2) is 0 Å². The Bertz CT molecular complexity index is 661. The van der Waals surface area contributed by atoms with Crippen LogP contribution in [0, 0.1) is 34.6 Å². The SMILES string of the molecule is Cc1cc(C)c(Cn2nc(C)c(C(=O)O)c2C)c(C)c1. The summed E-state index contributed by atoms with van der Waals surface area (Å²) in [4.78, 5) is 11.2. The Morgan fingerprint density at radius 1 is 1.15 bits per heavy atom. The van der Waals surface area contributed by atoms with Gasteiger partial charge in [0.25, 0.3) is 0 Å². The molecule has 1 N–H and O–H groups in total. The smallest absolute Gasteiger partial charge is 0.339 e. The van der Waals surface area contributed by atoms with Gasteiger partial charge in [0.1, 0.15) is 5.56 Å². The van der Waals surface area contributed by atoms with Crippen LogP contribution < -0.4 is 0 Å². The van der Waals surface area contributed by atoms with Crippen molar-refractivity contribution >= 4 is 5.97 Å². The van der Waals surface area contributed by atoms with Gasteiger partial charge in [0.2, 0.25) is 0 Å². The number of aryl methyl sites for hydroxylation is 4. The van der Waals surface area contributed by atoms with Crippen molar-refractivity contribution in [2.75, 3.05) is 0 Å². The zero-order chi connectivity index (χ0) is 15.0. The van der Waals surface area contributed by atoms with E-state index in [1.54, 1.807) is 11.6 Å². The highest BCUT2D eigenvalue weighted by atomic mass is 16.4. The number of nitrogens with zero attached hydrogens (tertiary/aromatic N) is 2. The summed E-state index contributed by atoms with van der Waals surface area (Å²) in [7, 11) is 0. The maximum atomic E-state index is 11.2. The van der Waals surface area contributed by atoms with Gasteiger partial charge in [-0.25, -0.2) is 4.79 Å². The first-order valence-electron chi connectivity index (χ1n) is 6.65. The lowest BCUT2D eigenvalue weighted by atomic mass is 10.00. The van der Waals surface area contributed by atoms with Crippen molar-refractivity contribution in [1.82, 2.24) is 9.78 Å². The second-order valence-electron chi connectivity index (χ2n) is 5.39. The van der Waals surface area contributed by atoms with E-state index < -0.39 is 5.97 Å². The molecule has 0 amide bonds. The summed E-state index contributed by atoms with van der Waals surface area (Å²) in [5.74, 6) is -0.913. The van der Waals surface area contributed by atoms with E-state index >= 15 is 0 Å². The van der Waals surface area contributed by atoms with Crippen LogP contribution in [0.2, 0.25) is 0 Å². The molecule has 4 nitrogen and oxygen atoms in total. The summed E-state index contributed by atoms with van der Waals surface area (Å²) in [6, 6.07) is 4.29. The van der Waals surface area contributed by atoms with Crippen molar-refractivity contribution in [2.24, 2.45) is 0 Å². The molecule has 2 aromatic rings. The number of carboxylic acids is 1. The summed E-state index contributed by atoms with van der Waals surface area (Å²) < 4.78 is 1.78. The van der Waals surface area contributed by atoms with Crippen molar-refractivity contribution < 1.29 is 9.90 Å². The molecule has 0 aliphatic rings. The first kappa shape index (κ1) is 14.3. The van der Waals surface area contributed by atoms with E-state index in [1.165, 1.54) is 22.3 Å². The molecule has 0 bridgehead atoms. The number of hydrogen-bond acceptors (Lipinski definition) is 2. The van der Waals surface area contributed by atoms with E-state index in [9.17, 15) is 9.90 Å². The average molecular weight is 272 g/mol. The third kappa shape index (κ3) is 2.46. The minimum Gasteiger partial charge on any atom is -0.478 e. The Hall–Kier alpha value is -2.10. The van der Waals surface area contributed by atoms with Crippen LogP contribution in [0.5, 0.6) is 0 Å². The molecule has 0 atom stereocenters. The fraction of sp³-hybridized carbons (Fsp3) is 0.375. The largest absolute Gasteiger partial charge is 0.478 e. The predicted molar refractivity (Wildman–Crippen MR) is 78.4 cm³/mol. The normalized spacial score (nSPS) is 10.8. The first-order valence-corrected chi connectivity index (χ1v) is 6.65. The van der Waals surface area contributed by atoms with Gasteiger partial charge in [-0.2, -0.15) is 5.10 Å². The maximum absolute atomic E-state index is 11.2. The van der Waals surface area contributed by atoms with Gasteiger partial charge >= 0.3 is 5.97 Å². The van der Waals surface area contributed by atoms with E-state index in [4.69, 9.17) is 0 Å². The molecule has 0 saturated carbocycles. The number of rotatable bonds is 3. The predicted octanol–water partition coefficient (Wildman–Crippen LogP) is 3.17. The minimum atomic E-state index is -0.913. The lowest BCUT2D eigenvalue weighted by Gasteiger charge is -2.12. The number of hydrogen-bond donors (Lipinski definition) is 1. The summed E-state index contributed by atoms with van der Waals surface area (Å²) in [6.07, 6.45) is 0. The van der Waals surface area contributed by atoms with Gasteiger partial charge in [-0.1, -0.05) is 17.7 Å². The second kappa shape index (κ2) is 5.12. The topological polar surface area (TPSA) is 55.1 Å². The summed E-state index contributed by atoms with van der Waals surface area (Å²) in [6.45, 7) is 10.4. The molecule has 0 fully saturated rings. The van der Waals surface area contributed by atoms with E-state index in [2.05, 4.69) is 38.0 Å². The molecule has 0 saturated heterocycles. The number of aromatic carboxylic acids is 1. The first-order chi connectivity index (χ1) is 9.31. The van der Waals surface area contributed by atoms with Gasteiger partial charge in [-0.3, -0.25) is 4.68 Å². The molecule has 0 unspecified atom stereocenters. The van der Waals surface area contributed by atoms with Crippen LogP contribution in [-0.2, 0) is 6.54 Å². The van der Waals surface area contributed by atoms with Crippen LogP contribution in [-0.4, -0.2) is 20.9 Å². The molecule has 106 valence electrons. The minimum absolute atomic E-state index is 0.312. The molecule has 1 heterocycles. The molecule has 0 spiro atoms. The molecule has 2 rings (SSSR count). The van der Waals surface area contributed by atoms with Crippen LogP contribution in [0.4, 0.5) is 0 Å². The fourth-order valence-corrected chi connectivity index (χ4v) is 2.77. The number of benzene rings is 1. The molecule has 4 heteroatoms. The van der Waals surface area contributed by atoms with Crippen LogP contribution >= 0.6 is 0 Å². The van der Waals surface area contributed by atoms with Gasteiger partial charge < -0.3 is 5.11 Å². The lowest BCUT2D eigenvalue weighted by Crippen LogP contribution is -2.08. The highest BCUT2D eigenvalue weighted by molar-refractivity contribution is 5.90. The Morgan fingerprint density at radius 2 is 1.70 bits per heavy atom. The average Bonchev–Trinajstić information content (AvgIpc) is 2.58. The summed E-state index contributed by atoms with van der Waals surface area (Å²) in [5.41, 5.74) is 6.46. The molecule has 0 radical (unpaired) electrons. The van der Waals surface area contributed by atoms with E-state index in [0.717, 1.165) is 0 Å². The molecular formula is C16H20N2O2. The zero-order valence-electron chi connectivity index (χ0n) is 12.6. The quantitative estimate of drug-likeness (QED) is 0.933. The van der Waals surface area contributed by atoms with E-state index in [0.29, 0.717) is 23.5 Å². The van der Waals surface area contributed by atoms with E-state index in [-0.39, 0.29) is 0 Å². The number of carbonyl (C=O) groups is 1. The molecular weight excluding hydrogens is 252 g/mol. The van der Waals surface area contributed by atoms with E-state index in [1.807, 2.05) is 6.92 Å². The van der Waals surface area contributed by atoms with Crippen molar-refractivity contribution in [1.29, 1.82) is 0 Å². The van der Waals surface area contributed by atoms with Gasteiger partial charge in [0.05, 0.1) is 17.9 Å². The Balaban J connectivity index is 2.46. The molecule has 1 aromatic heterocycles. The summed E-state index contributed by atoms with van der Waals surface area (Å²) >= 11 is 0. The fourth-order valence-electron chi connectivity index (χ4n) is 2.77. The third-order valence-electron chi connectivity index (χ3n) is 3.74. The second-order valence-corrected chi connectivity index (χ2v) is 5.39. The monoisotopic (exact) mass is 272 g/mol. The van der Waals surface area contributed by atoms with Gasteiger partial charge in [0, 0.05) is 0 Å². The van der Waals surface area contributed by atoms with Crippen molar-refractivity contribution in [3.63, 3.8) is 0 Å². The van der Waals surface area contributed by atoms with Crippen molar-refractivity contribution in [2.45, 2.75) is 41.2 Å². The summed E-state index contributed by atoms with van der Waals surface area (Å²) in [5, 5.41) is 13.6. The Kier molecular flexibility index (Phi) is 3.66. The highest BCUT2D eigenvalue weighted by Gasteiger charge is 2.18. The molecule has 20 heavy (non-hydrogen) atoms. The van der Waals surface area contributed by atoms with Crippen LogP contribution in [0.1, 0.15) is 44.0 Å². The van der Waals surface area contributed by atoms with Crippen molar-refractivity contribution in [3.8, 4) is 0 Å². The number of carboxylic acid groups (broad SMARTS) is 1. The van der Waals surface area contributed by atoms with Crippen LogP contribution in [0.25, 0.3) is 0 Å². The van der Waals surface area contributed by atoms with Crippen LogP contribution in [0.3, 0.4) is 0 Å². The third-order valence-corrected chi connectivity index (χ3v) is 3.74. The number of aromatic nitrogens is 2. The van der Waals surface area contributed by atoms with Gasteiger partial charge in [-0.15, -0.1) is 0 Å².